The van der Waals surface area contributed by atoms with E-state index in [1.807, 2.05) is 6.07 Å². The number of H-pyrrole nitrogens is 1. The van der Waals surface area contributed by atoms with Crippen molar-refractivity contribution in [3.63, 3.8) is 0 Å². The molecule has 1 aliphatic carbocycles. The van der Waals surface area contributed by atoms with E-state index < -0.39 is 0 Å². The molecule has 0 bridgehead atoms. The number of fused-ring (bicyclic) bond motifs is 3. The Morgan fingerprint density at radius 1 is 0.667 bits per heavy atom. The first-order valence-electron chi connectivity index (χ1n) is 11.2. The molecule has 0 spiro atoms. The van der Waals surface area contributed by atoms with E-state index in [9.17, 15) is 0 Å². The Balaban J connectivity index is 1.70. The fourth-order valence-corrected chi connectivity index (χ4v) is 5.01. The highest BCUT2D eigenvalue weighted by Crippen LogP contribution is 2.44. The lowest BCUT2D eigenvalue weighted by Crippen LogP contribution is -2.00. The number of aromatic nitrogens is 1. The molecule has 0 amide bonds. The SMILES string of the molecule is Clc1ccc2[nH]c3c(c2c1)C(c1ccccc1)C=C(c1ccccc1)C=C3c1ccccc1. The van der Waals surface area contributed by atoms with Gasteiger partial charge < -0.3 is 4.98 Å². The second-order valence-electron chi connectivity index (χ2n) is 8.40. The molecule has 1 nitrogen and oxygen atoms in total. The first-order chi connectivity index (χ1) is 16.3. The molecule has 5 aromatic rings. The number of allylic oxidation sites excluding steroid dienone is 3. The van der Waals surface area contributed by atoms with Crippen molar-refractivity contribution >= 4 is 33.7 Å². The van der Waals surface area contributed by atoms with Crippen LogP contribution in [0.1, 0.15) is 33.9 Å². The summed E-state index contributed by atoms with van der Waals surface area (Å²) in [5, 5.41) is 1.91. The van der Waals surface area contributed by atoms with E-state index in [2.05, 4.69) is 120 Å². The minimum atomic E-state index is 0.0843. The maximum absolute atomic E-state index is 6.49. The highest BCUT2D eigenvalue weighted by Gasteiger charge is 2.27. The van der Waals surface area contributed by atoms with E-state index in [4.69, 9.17) is 11.6 Å². The zero-order valence-electron chi connectivity index (χ0n) is 18.0. The van der Waals surface area contributed by atoms with Gasteiger partial charge in [0.15, 0.2) is 0 Å². The third-order valence-corrected chi connectivity index (χ3v) is 6.61. The van der Waals surface area contributed by atoms with Crippen molar-refractivity contribution < 1.29 is 0 Å². The number of hydrogen-bond acceptors (Lipinski definition) is 0. The summed E-state index contributed by atoms with van der Waals surface area (Å²) in [4.78, 5) is 3.74. The molecule has 1 atom stereocenters. The van der Waals surface area contributed by atoms with Gasteiger partial charge in [-0.05, 0) is 52.1 Å². The zero-order valence-corrected chi connectivity index (χ0v) is 18.8. The number of aromatic amines is 1. The van der Waals surface area contributed by atoms with Crippen LogP contribution in [-0.4, -0.2) is 4.98 Å². The van der Waals surface area contributed by atoms with Crippen LogP contribution in [0.15, 0.2) is 121 Å². The lowest BCUT2D eigenvalue weighted by atomic mass is 9.87. The molecule has 1 unspecified atom stereocenters. The van der Waals surface area contributed by atoms with Crippen molar-refractivity contribution in [2.75, 3.05) is 0 Å². The van der Waals surface area contributed by atoms with Gasteiger partial charge in [0, 0.05) is 27.4 Å². The van der Waals surface area contributed by atoms with E-state index in [1.165, 1.54) is 38.8 Å². The Bertz CT molecular complexity index is 1490. The first kappa shape index (κ1) is 19.8. The molecule has 2 heteroatoms. The van der Waals surface area contributed by atoms with Crippen molar-refractivity contribution in [3.05, 3.63) is 154 Å². The molecule has 0 aliphatic heterocycles. The van der Waals surface area contributed by atoms with Gasteiger partial charge in [0.25, 0.3) is 0 Å². The minimum absolute atomic E-state index is 0.0843. The molecule has 0 radical (unpaired) electrons. The van der Waals surface area contributed by atoms with Gasteiger partial charge in [0.1, 0.15) is 0 Å². The molecular formula is C31H22ClN. The van der Waals surface area contributed by atoms with Crippen LogP contribution in [-0.2, 0) is 0 Å². The molecular weight excluding hydrogens is 422 g/mol. The average molecular weight is 444 g/mol. The Morgan fingerprint density at radius 2 is 1.30 bits per heavy atom. The number of benzene rings is 4. The van der Waals surface area contributed by atoms with Crippen molar-refractivity contribution in [1.29, 1.82) is 0 Å². The normalized spacial score (nSPS) is 15.5. The summed E-state index contributed by atoms with van der Waals surface area (Å²) in [5.74, 6) is 0.0843. The predicted octanol–water partition coefficient (Wildman–Crippen LogP) is 8.48. The molecule has 1 heterocycles. The molecule has 33 heavy (non-hydrogen) atoms. The maximum atomic E-state index is 6.49. The minimum Gasteiger partial charge on any atom is -0.354 e. The number of nitrogens with one attached hydrogen (secondary N) is 1. The van der Waals surface area contributed by atoms with Crippen LogP contribution in [0.3, 0.4) is 0 Å². The Hall–Kier alpha value is -3.81. The monoisotopic (exact) mass is 443 g/mol. The van der Waals surface area contributed by atoms with Gasteiger partial charge in [-0.1, -0.05) is 109 Å². The Morgan fingerprint density at radius 3 is 2.00 bits per heavy atom. The summed E-state index contributed by atoms with van der Waals surface area (Å²) in [5.41, 5.74) is 9.56. The van der Waals surface area contributed by atoms with Crippen molar-refractivity contribution in [1.82, 2.24) is 4.98 Å². The topological polar surface area (TPSA) is 15.8 Å². The summed E-state index contributed by atoms with van der Waals surface area (Å²) >= 11 is 6.49. The highest BCUT2D eigenvalue weighted by molar-refractivity contribution is 6.31. The molecule has 1 N–H and O–H groups in total. The van der Waals surface area contributed by atoms with Crippen LogP contribution < -0.4 is 0 Å². The second kappa shape index (κ2) is 8.27. The molecule has 1 aliphatic rings. The van der Waals surface area contributed by atoms with E-state index in [0.29, 0.717) is 0 Å². The lowest BCUT2D eigenvalue weighted by molar-refractivity contribution is 1.04. The van der Waals surface area contributed by atoms with Gasteiger partial charge in [-0.15, -0.1) is 0 Å². The van der Waals surface area contributed by atoms with Crippen LogP contribution in [0.4, 0.5) is 0 Å². The van der Waals surface area contributed by atoms with Crippen molar-refractivity contribution in [2.45, 2.75) is 5.92 Å². The van der Waals surface area contributed by atoms with Crippen LogP contribution in [0.5, 0.6) is 0 Å². The molecule has 0 saturated carbocycles. The van der Waals surface area contributed by atoms with E-state index in [-0.39, 0.29) is 5.92 Å². The summed E-state index contributed by atoms with van der Waals surface area (Å²) in [6, 6.07) is 38.1. The summed E-state index contributed by atoms with van der Waals surface area (Å²) in [6.07, 6.45) is 4.72. The highest BCUT2D eigenvalue weighted by atomic mass is 35.5. The van der Waals surface area contributed by atoms with Gasteiger partial charge in [0.2, 0.25) is 0 Å². The third-order valence-electron chi connectivity index (χ3n) is 6.38. The van der Waals surface area contributed by atoms with Crippen molar-refractivity contribution in [3.8, 4) is 0 Å². The number of hydrogen-bond donors (Lipinski definition) is 1. The van der Waals surface area contributed by atoms with E-state index in [0.717, 1.165) is 16.2 Å². The summed E-state index contributed by atoms with van der Waals surface area (Å²) in [7, 11) is 0. The van der Waals surface area contributed by atoms with Gasteiger partial charge in [-0.25, -0.2) is 0 Å². The lowest BCUT2D eigenvalue weighted by Gasteiger charge is -2.16. The largest absolute Gasteiger partial charge is 0.354 e. The van der Waals surface area contributed by atoms with Crippen LogP contribution in [0.25, 0.3) is 22.0 Å². The standard InChI is InChI=1S/C31H22ClN/c32-25-16-17-29-28(20-25)30-26(22-12-6-2-7-13-22)18-24(21-10-4-1-5-11-21)19-27(31(30)33-29)23-14-8-3-9-15-23/h1-20,26,33H. The Labute approximate surface area is 198 Å². The fourth-order valence-electron chi connectivity index (χ4n) is 4.84. The number of rotatable bonds is 3. The maximum Gasteiger partial charge on any atom is 0.0513 e. The molecule has 0 fully saturated rings. The summed E-state index contributed by atoms with van der Waals surface area (Å²) in [6.45, 7) is 0. The number of halogens is 1. The third kappa shape index (κ3) is 3.61. The predicted molar refractivity (Wildman–Crippen MR) is 140 cm³/mol. The van der Waals surface area contributed by atoms with Gasteiger partial charge >= 0.3 is 0 Å². The van der Waals surface area contributed by atoms with Crippen LogP contribution in [0, 0.1) is 0 Å². The quantitative estimate of drug-likeness (QED) is 0.287. The second-order valence-corrected chi connectivity index (χ2v) is 8.84. The molecule has 0 saturated heterocycles. The van der Waals surface area contributed by atoms with Gasteiger partial charge in [-0.3, -0.25) is 0 Å². The fraction of sp³-hybridized carbons (Fsp3) is 0.0323. The summed E-state index contributed by atoms with van der Waals surface area (Å²) < 4.78 is 0. The molecule has 158 valence electrons. The van der Waals surface area contributed by atoms with E-state index >= 15 is 0 Å². The zero-order chi connectivity index (χ0) is 22.2. The molecule has 1 aromatic heterocycles. The van der Waals surface area contributed by atoms with Gasteiger partial charge in [0.05, 0.1) is 5.69 Å². The van der Waals surface area contributed by atoms with Crippen LogP contribution >= 0.6 is 11.6 Å². The molecule has 6 rings (SSSR count). The van der Waals surface area contributed by atoms with E-state index in [1.54, 1.807) is 0 Å². The van der Waals surface area contributed by atoms with Gasteiger partial charge in [-0.2, -0.15) is 0 Å². The Kier molecular flexibility index (Phi) is 4.97. The van der Waals surface area contributed by atoms with Crippen molar-refractivity contribution in [2.24, 2.45) is 0 Å². The molecule has 4 aromatic carbocycles. The first-order valence-corrected chi connectivity index (χ1v) is 11.6. The smallest absolute Gasteiger partial charge is 0.0513 e. The van der Waals surface area contributed by atoms with Crippen LogP contribution in [0.2, 0.25) is 5.02 Å². The average Bonchev–Trinajstić information content (AvgIpc) is 3.14.